The van der Waals surface area contributed by atoms with Crippen molar-refractivity contribution in [3.8, 4) is 10.4 Å². The molecular weight excluding hydrogens is 347 g/mol. The summed E-state index contributed by atoms with van der Waals surface area (Å²) in [5.41, 5.74) is 2.22. The van der Waals surface area contributed by atoms with E-state index >= 15 is 0 Å². The molecule has 1 aliphatic heterocycles. The Morgan fingerprint density at radius 1 is 1.12 bits per heavy atom. The van der Waals surface area contributed by atoms with Gasteiger partial charge in [-0.1, -0.05) is 29.5 Å². The fourth-order valence-electron chi connectivity index (χ4n) is 3.18. The van der Waals surface area contributed by atoms with Crippen molar-refractivity contribution in [2.45, 2.75) is 31.7 Å². The van der Waals surface area contributed by atoms with Crippen LogP contribution in [0.1, 0.15) is 24.8 Å². The SMILES string of the molecule is Fc1ccc(-c2cnc(Nc3ccc(CC[C@@H]4CCCN4)cn3)s2)cc1. The summed E-state index contributed by atoms with van der Waals surface area (Å²) in [5, 5.41) is 7.55. The number of hydrogen-bond acceptors (Lipinski definition) is 5. The van der Waals surface area contributed by atoms with Crippen LogP contribution in [-0.2, 0) is 6.42 Å². The number of nitrogens with zero attached hydrogens (tertiary/aromatic N) is 2. The lowest BCUT2D eigenvalue weighted by Gasteiger charge is -2.09. The van der Waals surface area contributed by atoms with E-state index in [0.717, 1.165) is 34.4 Å². The van der Waals surface area contributed by atoms with Gasteiger partial charge in [-0.05, 0) is 61.6 Å². The van der Waals surface area contributed by atoms with E-state index in [1.54, 1.807) is 18.3 Å². The zero-order valence-electron chi connectivity index (χ0n) is 14.4. The zero-order valence-corrected chi connectivity index (χ0v) is 15.2. The zero-order chi connectivity index (χ0) is 17.8. The first-order valence-corrected chi connectivity index (χ1v) is 9.75. The Kier molecular flexibility index (Phi) is 5.22. The molecular formula is C20H21FN4S. The molecule has 2 aromatic heterocycles. The summed E-state index contributed by atoms with van der Waals surface area (Å²) in [6.07, 6.45) is 8.53. The van der Waals surface area contributed by atoms with E-state index in [4.69, 9.17) is 0 Å². The Morgan fingerprint density at radius 3 is 2.73 bits per heavy atom. The summed E-state index contributed by atoms with van der Waals surface area (Å²) in [6.45, 7) is 1.15. The van der Waals surface area contributed by atoms with Gasteiger partial charge in [0.25, 0.3) is 0 Å². The van der Waals surface area contributed by atoms with E-state index in [1.165, 1.54) is 48.3 Å². The lowest BCUT2D eigenvalue weighted by Crippen LogP contribution is -2.21. The van der Waals surface area contributed by atoms with Gasteiger partial charge in [-0.25, -0.2) is 14.4 Å². The molecule has 0 bridgehead atoms. The van der Waals surface area contributed by atoms with Gasteiger partial charge in [0.2, 0.25) is 0 Å². The molecule has 134 valence electrons. The van der Waals surface area contributed by atoms with Gasteiger partial charge < -0.3 is 10.6 Å². The minimum Gasteiger partial charge on any atom is -0.316 e. The number of halogens is 1. The van der Waals surface area contributed by atoms with Crippen LogP contribution in [-0.4, -0.2) is 22.6 Å². The summed E-state index contributed by atoms with van der Waals surface area (Å²) in [6, 6.07) is 11.2. The fraction of sp³-hybridized carbons (Fsp3) is 0.300. The van der Waals surface area contributed by atoms with Gasteiger partial charge in [0, 0.05) is 18.4 Å². The quantitative estimate of drug-likeness (QED) is 0.658. The number of nitrogens with one attached hydrogen (secondary N) is 2. The van der Waals surface area contributed by atoms with Crippen LogP contribution < -0.4 is 10.6 Å². The fourth-order valence-corrected chi connectivity index (χ4v) is 4.01. The lowest BCUT2D eigenvalue weighted by molar-refractivity contribution is 0.559. The van der Waals surface area contributed by atoms with E-state index in [2.05, 4.69) is 26.7 Å². The number of anilines is 2. The number of hydrogen-bond donors (Lipinski definition) is 2. The van der Waals surface area contributed by atoms with E-state index in [0.29, 0.717) is 6.04 Å². The minimum atomic E-state index is -0.232. The van der Waals surface area contributed by atoms with Gasteiger partial charge in [0.1, 0.15) is 11.6 Å². The molecule has 0 spiro atoms. The minimum absolute atomic E-state index is 0.232. The van der Waals surface area contributed by atoms with Crippen LogP contribution in [0.25, 0.3) is 10.4 Å². The largest absolute Gasteiger partial charge is 0.316 e. The third-order valence-electron chi connectivity index (χ3n) is 4.64. The van der Waals surface area contributed by atoms with Crippen LogP contribution in [0.3, 0.4) is 0 Å². The van der Waals surface area contributed by atoms with Crippen LogP contribution in [0, 0.1) is 5.82 Å². The molecule has 1 fully saturated rings. The molecule has 0 radical (unpaired) electrons. The monoisotopic (exact) mass is 368 g/mol. The smallest absolute Gasteiger partial charge is 0.188 e. The van der Waals surface area contributed by atoms with Gasteiger partial charge >= 0.3 is 0 Å². The molecule has 26 heavy (non-hydrogen) atoms. The molecule has 0 amide bonds. The van der Waals surface area contributed by atoms with E-state index in [1.807, 2.05) is 12.3 Å². The van der Waals surface area contributed by atoms with Gasteiger partial charge in [-0.3, -0.25) is 0 Å². The maximum atomic E-state index is 13.0. The molecule has 4 rings (SSSR count). The Bertz CT molecular complexity index is 839. The summed E-state index contributed by atoms with van der Waals surface area (Å²) in [4.78, 5) is 9.88. The van der Waals surface area contributed by atoms with Gasteiger partial charge in [-0.2, -0.15) is 0 Å². The van der Waals surface area contributed by atoms with Crippen molar-refractivity contribution in [2.75, 3.05) is 11.9 Å². The maximum absolute atomic E-state index is 13.0. The topological polar surface area (TPSA) is 49.8 Å². The third kappa shape index (κ3) is 4.26. The second kappa shape index (κ2) is 7.93. The third-order valence-corrected chi connectivity index (χ3v) is 5.60. The molecule has 3 aromatic rings. The van der Waals surface area contributed by atoms with Crippen LogP contribution in [0.2, 0.25) is 0 Å². The van der Waals surface area contributed by atoms with Crippen LogP contribution in [0.5, 0.6) is 0 Å². The average molecular weight is 368 g/mol. The van der Waals surface area contributed by atoms with Crippen molar-refractivity contribution < 1.29 is 4.39 Å². The molecule has 1 saturated heterocycles. The maximum Gasteiger partial charge on any atom is 0.188 e. The number of aromatic nitrogens is 2. The van der Waals surface area contributed by atoms with Crippen LogP contribution in [0.15, 0.2) is 48.8 Å². The highest BCUT2D eigenvalue weighted by atomic mass is 32.1. The highest BCUT2D eigenvalue weighted by Crippen LogP contribution is 2.30. The number of pyridine rings is 1. The van der Waals surface area contributed by atoms with Crippen molar-refractivity contribution in [1.29, 1.82) is 0 Å². The van der Waals surface area contributed by atoms with Crippen molar-refractivity contribution in [3.05, 3.63) is 60.2 Å². The molecule has 0 saturated carbocycles. The lowest BCUT2D eigenvalue weighted by atomic mass is 10.1. The molecule has 6 heteroatoms. The molecule has 1 atom stereocenters. The molecule has 0 unspecified atom stereocenters. The van der Waals surface area contributed by atoms with Crippen molar-refractivity contribution in [1.82, 2.24) is 15.3 Å². The number of benzene rings is 1. The van der Waals surface area contributed by atoms with Gasteiger partial charge in [0.05, 0.1) is 4.88 Å². The Labute approximate surface area is 156 Å². The first-order valence-electron chi connectivity index (χ1n) is 8.93. The first kappa shape index (κ1) is 17.1. The molecule has 1 aromatic carbocycles. The standard InChI is InChI=1S/C20H21FN4S/c21-16-7-5-15(6-8-16)18-13-24-20(26-18)25-19-10-4-14(12-23-19)3-9-17-2-1-11-22-17/h4-8,10,12-13,17,22H,1-3,9,11H2,(H,23,24,25)/t17-/m0/s1. The Hall–Kier alpha value is -2.31. The Balaban J connectivity index is 1.36. The van der Waals surface area contributed by atoms with Crippen molar-refractivity contribution >= 4 is 22.3 Å². The molecule has 0 aliphatic carbocycles. The highest BCUT2D eigenvalue weighted by Gasteiger charge is 2.13. The molecule has 2 N–H and O–H groups in total. The van der Waals surface area contributed by atoms with Crippen LogP contribution >= 0.6 is 11.3 Å². The van der Waals surface area contributed by atoms with Crippen molar-refractivity contribution in [3.63, 3.8) is 0 Å². The van der Waals surface area contributed by atoms with E-state index < -0.39 is 0 Å². The average Bonchev–Trinajstić information content (AvgIpc) is 3.34. The summed E-state index contributed by atoms with van der Waals surface area (Å²) in [5.74, 6) is 0.553. The molecule has 4 nitrogen and oxygen atoms in total. The number of thiazole rings is 1. The van der Waals surface area contributed by atoms with Crippen molar-refractivity contribution in [2.24, 2.45) is 0 Å². The summed E-state index contributed by atoms with van der Waals surface area (Å²) >= 11 is 1.52. The second-order valence-corrected chi connectivity index (χ2v) is 7.58. The van der Waals surface area contributed by atoms with E-state index in [9.17, 15) is 4.39 Å². The second-order valence-electron chi connectivity index (χ2n) is 6.55. The summed E-state index contributed by atoms with van der Waals surface area (Å²) in [7, 11) is 0. The number of aryl methyl sites for hydroxylation is 1. The van der Waals surface area contributed by atoms with Gasteiger partial charge in [-0.15, -0.1) is 0 Å². The normalized spacial score (nSPS) is 16.7. The van der Waals surface area contributed by atoms with Crippen LogP contribution in [0.4, 0.5) is 15.3 Å². The molecule has 1 aliphatic rings. The number of rotatable bonds is 6. The first-order chi connectivity index (χ1) is 12.8. The molecule has 3 heterocycles. The van der Waals surface area contributed by atoms with Gasteiger partial charge in [0.15, 0.2) is 5.13 Å². The summed E-state index contributed by atoms with van der Waals surface area (Å²) < 4.78 is 13.0. The highest BCUT2D eigenvalue weighted by molar-refractivity contribution is 7.18. The predicted octanol–water partition coefficient (Wildman–Crippen LogP) is 4.77. The van der Waals surface area contributed by atoms with E-state index in [-0.39, 0.29) is 5.82 Å². The Morgan fingerprint density at radius 2 is 2.00 bits per heavy atom. The predicted molar refractivity (Wildman–Crippen MR) is 104 cm³/mol.